The fourth-order valence-corrected chi connectivity index (χ4v) is 6.14. The third-order valence-corrected chi connectivity index (χ3v) is 7.74. The van der Waals surface area contributed by atoms with Crippen molar-refractivity contribution >= 4 is 27.9 Å². The minimum atomic E-state index is -0.218. The second-order valence-corrected chi connectivity index (χ2v) is 10.9. The number of fused-ring (bicyclic) bond motifs is 4. The Morgan fingerprint density at radius 1 is 0.806 bits per heavy atom. The van der Waals surface area contributed by atoms with Gasteiger partial charge in [0.25, 0.3) is 0 Å². The van der Waals surface area contributed by atoms with Crippen LogP contribution in [0.5, 0.6) is 5.75 Å². The summed E-state index contributed by atoms with van der Waals surface area (Å²) in [6, 6.07) is 29.4. The van der Waals surface area contributed by atoms with Crippen LogP contribution >= 0.6 is 0 Å². The molecule has 0 aromatic heterocycles. The molecule has 2 aliphatic heterocycles. The van der Waals surface area contributed by atoms with Gasteiger partial charge < -0.3 is 15.4 Å². The molecular formula is C32H28N2O2. The molecule has 178 valence electrons. The van der Waals surface area contributed by atoms with Crippen LogP contribution in [0, 0.1) is 5.41 Å². The van der Waals surface area contributed by atoms with Crippen LogP contribution in [0.25, 0.3) is 10.8 Å². The highest BCUT2D eigenvalue weighted by molar-refractivity contribution is 6.04. The maximum atomic E-state index is 13.6. The molecule has 2 N–H and O–H groups in total. The van der Waals surface area contributed by atoms with Gasteiger partial charge in [-0.1, -0.05) is 80.6 Å². The molecule has 2 unspecified atom stereocenters. The molecule has 4 aromatic rings. The van der Waals surface area contributed by atoms with Crippen LogP contribution in [0.4, 0.5) is 11.4 Å². The number of ether oxygens (including phenoxy) is 1. The van der Waals surface area contributed by atoms with Gasteiger partial charge in [0, 0.05) is 34.9 Å². The van der Waals surface area contributed by atoms with Crippen LogP contribution in [0.1, 0.15) is 55.5 Å². The van der Waals surface area contributed by atoms with E-state index in [0.717, 1.165) is 45.9 Å². The van der Waals surface area contributed by atoms with Crippen LogP contribution in [-0.4, -0.2) is 5.78 Å². The predicted molar refractivity (Wildman–Crippen MR) is 144 cm³/mol. The van der Waals surface area contributed by atoms with Crippen LogP contribution in [-0.2, 0) is 4.79 Å². The smallest absolute Gasteiger partial charge is 0.196 e. The lowest BCUT2D eigenvalue weighted by Crippen LogP contribution is -2.33. The topological polar surface area (TPSA) is 50.4 Å². The maximum absolute atomic E-state index is 13.6. The first-order valence-electron chi connectivity index (χ1n) is 12.6. The Morgan fingerprint density at radius 3 is 2.39 bits per heavy atom. The third kappa shape index (κ3) is 3.32. The Balaban J connectivity index is 1.34. The minimum absolute atomic E-state index is 0.0494. The van der Waals surface area contributed by atoms with Crippen LogP contribution in [0.3, 0.4) is 0 Å². The van der Waals surface area contributed by atoms with Gasteiger partial charge in [0.2, 0.25) is 0 Å². The highest BCUT2D eigenvalue weighted by atomic mass is 16.5. The molecule has 0 radical (unpaired) electrons. The molecule has 0 amide bonds. The van der Waals surface area contributed by atoms with E-state index in [1.807, 2.05) is 24.3 Å². The summed E-state index contributed by atoms with van der Waals surface area (Å²) in [6.07, 6.45) is 1.22. The lowest BCUT2D eigenvalue weighted by molar-refractivity contribution is -0.118. The van der Waals surface area contributed by atoms with Crippen molar-refractivity contribution in [3.05, 3.63) is 113 Å². The summed E-state index contributed by atoms with van der Waals surface area (Å²) in [5.41, 5.74) is 7.44. The average molecular weight is 473 g/mol. The van der Waals surface area contributed by atoms with Gasteiger partial charge in [0.1, 0.15) is 5.75 Å². The second-order valence-electron chi connectivity index (χ2n) is 10.9. The van der Waals surface area contributed by atoms with E-state index in [0.29, 0.717) is 6.42 Å². The molecule has 1 aliphatic carbocycles. The average Bonchev–Trinajstić information content (AvgIpc) is 3.31. The first-order chi connectivity index (χ1) is 17.5. The highest BCUT2D eigenvalue weighted by Gasteiger charge is 2.41. The fourth-order valence-electron chi connectivity index (χ4n) is 6.14. The van der Waals surface area contributed by atoms with E-state index >= 15 is 0 Å². The SMILES string of the molecule is CC1(C)CC(=O)C2=C(C1)Nc1ccc3ccccc3c1C2c1ccc(C2Nc3ccccc3O2)cc1. The van der Waals surface area contributed by atoms with Gasteiger partial charge in [0.15, 0.2) is 12.0 Å². The monoisotopic (exact) mass is 472 g/mol. The number of carbonyl (C=O) groups excluding carboxylic acids is 1. The van der Waals surface area contributed by atoms with Gasteiger partial charge in [-0.15, -0.1) is 0 Å². The third-order valence-electron chi connectivity index (χ3n) is 7.74. The molecule has 0 bridgehead atoms. The van der Waals surface area contributed by atoms with Crippen molar-refractivity contribution in [3.8, 4) is 5.75 Å². The molecule has 0 saturated heterocycles. The number of ketones is 1. The first-order valence-corrected chi connectivity index (χ1v) is 12.6. The van der Waals surface area contributed by atoms with E-state index in [4.69, 9.17) is 4.74 Å². The molecule has 0 spiro atoms. The molecule has 4 nitrogen and oxygen atoms in total. The summed E-state index contributed by atoms with van der Waals surface area (Å²) in [4.78, 5) is 13.6. The van der Waals surface area contributed by atoms with E-state index in [-0.39, 0.29) is 23.3 Å². The van der Waals surface area contributed by atoms with Gasteiger partial charge >= 0.3 is 0 Å². The number of anilines is 2. The van der Waals surface area contributed by atoms with E-state index < -0.39 is 0 Å². The number of hydrogen-bond acceptors (Lipinski definition) is 4. The molecule has 0 fully saturated rings. The number of benzene rings is 4. The molecule has 3 aliphatic rings. The number of para-hydroxylation sites is 2. The maximum Gasteiger partial charge on any atom is 0.196 e. The number of Topliss-reactive ketones (excluding diaryl/α,β-unsaturated/α-hetero) is 1. The number of rotatable bonds is 2. The van der Waals surface area contributed by atoms with Gasteiger partial charge in [-0.3, -0.25) is 4.79 Å². The van der Waals surface area contributed by atoms with Crippen LogP contribution in [0.2, 0.25) is 0 Å². The van der Waals surface area contributed by atoms with Gasteiger partial charge in [-0.25, -0.2) is 0 Å². The Morgan fingerprint density at radius 2 is 1.56 bits per heavy atom. The largest absolute Gasteiger partial charge is 0.464 e. The summed E-state index contributed by atoms with van der Waals surface area (Å²) in [5.74, 6) is 1.02. The Kier molecular flexibility index (Phi) is 4.56. The summed E-state index contributed by atoms with van der Waals surface area (Å²) < 4.78 is 6.13. The Hall–Kier alpha value is -4.05. The molecule has 4 heteroatoms. The fraction of sp³-hybridized carbons (Fsp3) is 0.219. The number of allylic oxidation sites excluding steroid dienone is 2. The Labute approximate surface area is 211 Å². The molecule has 7 rings (SSSR count). The zero-order chi connectivity index (χ0) is 24.4. The number of nitrogens with one attached hydrogen (secondary N) is 2. The van der Waals surface area contributed by atoms with Gasteiger partial charge in [-0.05, 0) is 51.9 Å². The van der Waals surface area contributed by atoms with Gasteiger partial charge in [0.05, 0.1) is 5.69 Å². The summed E-state index contributed by atoms with van der Waals surface area (Å²) in [6.45, 7) is 4.37. The van der Waals surface area contributed by atoms with E-state index in [9.17, 15) is 4.79 Å². The zero-order valence-corrected chi connectivity index (χ0v) is 20.5. The highest BCUT2D eigenvalue weighted by Crippen LogP contribution is 2.51. The van der Waals surface area contributed by atoms with Crippen molar-refractivity contribution < 1.29 is 9.53 Å². The van der Waals surface area contributed by atoms with E-state index in [1.54, 1.807) is 0 Å². The normalized spacial score (nSPS) is 21.7. The van der Waals surface area contributed by atoms with Crippen LogP contribution < -0.4 is 15.4 Å². The van der Waals surface area contributed by atoms with Crippen molar-refractivity contribution in [1.82, 2.24) is 0 Å². The van der Waals surface area contributed by atoms with Crippen molar-refractivity contribution in [2.24, 2.45) is 5.41 Å². The molecule has 0 saturated carbocycles. The van der Waals surface area contributed by atoms with E-state index in [2.05, 4.69) is 85.1 Å². The minimum Gasteiger partial charge on any atom is -0.464 e. The van der Waals surface area contributed by atoms with E-state index in [1.165, 1.54) is 16.3 Å². The lowest BCUT2D eigenvalue weighted by Gasteiger charge is -2.40. The van der Waals surface area contributed by atoms with Crippen molar-refractivity contribution in [2.75, 3.05) is 10.6 Å². The van der Waals surface area contributed by atoms with Crippen molar-refractivity contribution in [2.45, 2.75) is 38.8 Å². The first kappa shape index (κ1) is 21.3. The molecule has 36 heavy (non-hydrogen) atoms. The Bertz CT molecular complexity index is 1540. The zero-order valence-electron chi connectivity index (χ0n) is 20.5. The summed E-state index contributed by atoms with van der Waals surface area (Å²) in [5, 5.41) is 9.51. The number of hydrogen-bond donors (Lipinski definition) is 2. The summed E-state index contributed by atoms with van der Waals surface area (Å²) >= 11 is 0. The van der Waals surface area contributed by atoms with Crippen molar-refractivity contribution in [3.63, 3.8) is 0 Å². The molecule has 2 atom stereocenters. The standard InChI is InChI=1S/C32H28N2O2/c1-32(2)17-25-30(26(35)18-32)28(29-22-8-4-3-7-19(22)15-16-24(29)33-25)20-11-13-21(14-12-20)31-34-23-9-5-6-10-27(23)36-31/h3-16,28,31,33-34H,17-18H2,1-2H3. The summed E-state index contributed by atoms with van der Waals surface area (Å²) in [7, 11) is 0. The number of carbonyl (C=O) groups is 1. The quantitative estimate of drug-likeness (QED) is 0.316. The molecule has 4 aromatic carbocycles. The van der Waals surface area contributed by atoms with Gasteiger partial charge in [-0.2, -0.15) is 0 Å². The van der Waals surface area contributed by atoms with Crippen LogP contribution in [0.15, 0.2) is 96.2 Å². The van der Waals surface area contributed by atoms with Crippen molar-refractivity contribution in [1.29, 1.82) is 0 Å². The molecular weight excluding hydrogens is 444 g/mol. The second kappa shape index (κ2) is 7.72. The predicted octanol–water partition coefficient (Wildman–Crippen LogP) is 7.54. The lowest BCUT2D eigenvalue weighted by atomic mass is 9.68. The molecule has 2 heterocycles.